The predicted octanol–water partition coefficient (Wildman–Crippen LogP) is 0.639. The summed E-state index contributed by atoms with van der Waals surface area (Å²) in [6, 6.07) is 0.502. The molecule has 0 radical (unpaired) electrons. The van der Waals surface area contributed by atoms with Gasteiger partial charge in [0.1, 0.15) is 0 Å². The smallest absolute Gasteiger partial charge is 0.317 e. The minimum Gasteiger partial charge on any atom is -0.395 e. The van der Waals surface area contributed by atoms with E-state index in [-0.39, 0.29) is 12.6 Å². The number of carbonyl (C=O) groups excluding carboxylic acids is 1. The van der Waals surface area contributed by atoms with Crippen LogP contribution in [0.2, 0.25) is 0 Å². The number of aliphatic hydroxyl groups is 1. The molecule has 0 unspecified atom stereocenters. The Balaban J connectivity index is 1.76. The molecule has 2 fully saturated rings. The molecule has 0 aromatic carbocycles. The monoisotopic (exact) mass is 255 g/mol. The zero-order valence-electron chi connectivity index (χ0n) is 11.1. The lowest BCUT2D eigenvalue weighted by Gasteiger charge is -2.24. The third-order valence-corrected chi connectivity index (χ3v) is 3.97. The number of nitrogens with one attached hydrogen (secondary N) is 1. The molecule has 1 aliphatic heterocycles. The van der Waals surface area contributed by atoms with E-state index < -0.39 is 0 Å². The molecule has 0 aromatic rings. The predicted molar refractivity (Wildman–Crippen MR) is 70.5 cm³/mol. The Morgan fingerprint density at radius 3 is 2.61 bits per heavy atom. The Morgan fingerprint density at radius 1 is 1.11 bits per heavy atom. The number of amides is 2. The lowest BCUT2D eigenvalue weighted by atomic mass is 10.2. The van der Waals surface area contributed by atoms with E-state index in [1.165, 1.54) is 12.8 Å². The zero-order valence-corrected chi connectivity index (χ0v) is 11.1. The van der Waals surface area contributed by atoms with Crippen molar-refractivity contribution in [2.24, 2.45) is 0 Å². The van der Waals surface area contributed by atoms with Crippen LogP contribution in [0.25, 0.3) is 0 Å². The molecule has 5 nitrogen and oxygen atoms in total. The summed E-state index contributed by atoms with van der Waals surface area (Å²) in [6.07, 6.45) is 5.76. The summed E-state index contributed by atoms with van der Waals surface area (Å²) < 4.78 is 0. The van der Waals surface area contributed by atoms with E-state index in [0.29, 0.717) is 6.04 Å². The Bertz CT molecular complexity index is 267. The number of urea groups is 1. The molecule has 0 atom stereocenters. The van der Waals surface area contributed by atoms with E-state index in [2.05, 4.69) is 10.2 Å². The van der Waals surface area contributed by atoms with Gasteiger partial charge < -0.3 is 15.3 Å². The number of aliphatic hydroxyl groups excluding tert-OH is 1. The largest absolute Gasteiger partial charge is 0.395 e. The minimum absolute atomic E-state index is 0.104. The molecule has 2 N–H and O–H groups in total. The lowest BCUT2D eigenvalue weighted by Crippen LogP contribution is -2.45. The molecule has 1 heterocycles. The van der Waals surface area contributed by atoms with Gasteiger partial charge in [-0.15, -0.1) is 0 Å². The van der Waals surface area contributed by atoms with E-state index in [0.717, 1.165) is 52.0 Å². The van der Waals surface area contributed by atoms with Crippen molar-refractivity contribution in [2.45, 2.75) is 38.1 Å². The molecule has 104 valence electrons. The second-order valence-electron chi connectivity index (χ2n) is 5.34. The quantitative estimate of drug-likeness (QED) is 0.778. The molecule has 2 rings (SSSR count). The van der Waals surface area contributed by atoms with Crippen LogP contribution < -0.4 is 5.32 Å². The van der Waals surface area contributed by atoms with Gasteiger partial charge in [-0.05, 0) is 25.8 Å². The molecule has 0 bridgehead atoms. The van der Waals surface area contributed by atoms with Crippen molar-refractivity contribution in [3.63, 3.8) is 0 Å². The number of rotatable bonds is 3. The van der Waals surface area contributed by atoms with Gasteiger partial charge >= 0.3 is 6.03 Å². The molecule has 1 aliphatic carbocycles. The van der Waals surface area contributed by atoms with Gasteiger partial charge in [-0.2, -0.15) is 0 Å². The van der Waals surface area contributed by atoms with Crippen LogP contribution >= 0.6 is 0 Å². The second kappa shape index (κ2) is 6.95. The SMILES string of the molecule is O=C(NC1CCCC1)N1CCCN(CCO)CC1. The molecule has 18 heavy (non-hydrogen) atoms. The maximum Gasteiger partial charge on any atom is 0.317 e. The van der Waals surface area contributed by atoms with Crippen molar-refractivity contribution in [3.05, 3.63) is 0 Å². The Kier molecular flexibility index (Phi) is 5.26. The first-order valence-corrected chi connectivity index (χ1v) is 7.18. The van der Waals surface area contributed by atoms with Crippen LogP contribution in [-0.4, -0.2) is 66.3 Å². The molecule has 0 spiro atoms. The molecular formula is C13H25N3O2. The fourth-order valence-electron chi connectivity index (χ4n) is 2.88. The highest BCUT2D eigenvalue weighted by atomic mass is 16.3. The van der Waals surface area contributed by atoms with Crippen molar-refractivity contribution < 1.29 is 9.90 Å². The van der Waals surface area contributed by atoms with E-state index in [9.17, 15) is 4.79 Å². The highest BCUT2D eigenvalue weighted by Crippen LogP contribution is 2.18. The number of hydrogen-bond donors (Lipinski definition) is 2. The third kappa shape index (κ3) is 3.85. The summed E-state index contributed by atoms with van der Waals surface area (Å²) in [5.74, 6) is 0. The normalized spacial score (nSPS) is 23.1. The van der Waals surface area contributed by atoms with Gasteiger partial charge in [0.2, 0.25) is 0 Å². The number of nitrogens with zero attached hydrogens (tertiary/aromatic N) is 2. The van der Waals surface area contributed by atoms with Gasteiger partial charge in [0, 0.05) is 32.2 Å². The van der Waals surface area contributed by atoms with Crippen LogP contribution in [0.3, 0.4) is 0 Å². The second-order valence-corrected chi connectivity index (χ2v) is 5.34. The first-order chi connectivity index (χ1) is 8.79. The van der Waals surface area contributed by atoms with Gasteiger partial charge in [-0.25, -0.2) is 4.79 Å². The fourth-order valence-corrected chi connectivity index (χ4v) is 2.88. The van der Waals surface area contributed by atoms with Crippen LogP contribution in [0.5, 0.6) is 0 Å². The van der Waals surface area contributed by atoms with E-state index in [1.807, 2.05) is 4.90 Å². The fraction of sp³-hybridized carbons (Fsp3) is 0.923. The molecule has 2 aliphatic rings. The summed E-state index contributed by atoms with van der Waals surface area (Å²) in [5, 5.41) is 12.1. The van der Waals surface area contributed by atoms with E-state index >= 15 is 0 Å². The van der Waals surface area contributed by atoms with Crippen molar-refractivity contribution >= 4 is 6.03 Å². The topological polar surface area (TPSA) is 55.8 Å². The maximum atomic E-state index is 12.1. The summed E-state index contributed by atoms with van der Waals surface area (Å²) in [5.41, 5.74) is 0. The number of β-amino-alcohol motifs (C(OH)–C–C–N with tert-alkyl or cyclic N) is 1. The van der Waals surface area contributed by atoms with E-state index in [1.54, 1.807) is 0 Å². The molecular weight excluding hydrogens is 230 g/mol. The number of carbonyl (C=O) groups is 1. The van der Waals surface area contributed by atoms with Crippen LogP contribution in [0, 0.1) is 0 Å². The van der Waals surface area contributed by atoms with E-state index in [4.69, 9.17) is 5.11 Å². The standard InChI is InChI=1S/C13H25N3O2/c17-11-10-15-6-3-7-16(9-8-15)13(18)14-12-4-1-2-5-12/h12,17H,1-11H2,(H,14,18). The summed E-state index contributed by atoms with van der Waals surface area (Å²) in [4.78, 5) is 16.3. The zero-order chi connectivity index (χ0) is 12.8. The van der Waals surface area contributed by atoms with Crippen LogP contribution in [0.4, 0.5) is 4.79 Å². The highest BCUT2D eigenvalue weighted by molar-refractivity contribution is 5.74. The van der Waals surface area contributed by atoms with Gasteiger partial charge in [-0.1, -0.05) is 12.8 Å². The Morgan fingerprint density at radius 2 is 1.89 bits per heavy atom. The first-order valence-electron chi connectivity index (χ1n) is 7.18. The lowest BCUT2D eigenvalue weighted by molar-refractivity contribution is 0.186. The van der Waals surface area contributed by atoms with Crippen molar-refractivity contribution in [1.82, 2.24) is 15.1 Å². The van der Waals surface area contributed by atoms with Gasteiger partial charge in [0.15, 0.2) is 0 Å². The molecule has 0 aromatic heterocycles. The average molecular weight is 255 g/mol. The summed E-state index contributed by atoms with van der Waals surface area (Å²) >= 11 is 0. The van der Waals surface area contributed by atoms with Crippen LogP contribution in [0.15, 0.2) is 0 Å². The summed E-state index contributed by atoms with van der Waals surface area (Å²) in [6.45, 7) is 4.39. The molecule has 1 saturated carbocycles. The third-order valence-electron chi connectivity index (χ3n) is 3.97. The highest BCUT2D eigenvalue weighted by Gasteiger charge is 2.22. The van der Waals surface area contributed by atoms with Crippen molar-refractivity contribution in [1.29, 1.82) is 0 Å². The minimum atomic E-state index is 0.104. The maximum absolute atomic E-state index is 12.1. The Labute approximate surface area is 109 Å². The van der Waals surface area contributed by atoms with Crippen molar-refractivity contribution in [2.75, 3.05) is 39.3 Å². The molecule has 5 heteroatoms. The molecule has 1 saturated heterocycles. The molecule has 2 amide bonds. The van der Waals surface area contributed by atoms with Crippen molar-refractivity contribution in [3.8, 4) is 0 Å². The Hall–Kier alpha value is -0.810. The van der Waals surface area contributed by atoms with Gasteiger partial charge in [0.25, 0.3) is 0 Å². The van der Waals surface area contributed by atoms with Gasteiger partial charge in [0.05, 0.1) is 6.61 Å². The summed E-state index contributed by atoms with van der Waals surface area (Å²) in [7, 11) is 0. The van der Waals surface area contributed by atoms with Crippen LogP contribution in [-0.2, 0) is 0 Å². The van der Waals surface area contributed by atoms with Crippen LogP contribution in [0.1, 0.15) is 32.1 Å². The average Bonchev–Trinajstić information content (AvgIpc) is 2.74. The number of hydrogen-bond acceptors (Lipinski definition) is 3. The van der Waals surface area contributed by atoms with Gasteiger partial charge in [-0.3, -0.25) is 4.90 Å². The first kappa shape index (κ1) is 13.6.